The Kier molecular flexibility index (Phi) is 18.9. The first-order chi connectivity index (χ1) is 33.3. The summed E-state index contributed by atoms with van der Waals surface area (Å²) in [5.74, 6) is -14.3. The van der Waals surface area contributed by atoms with E-state index in [0.717, 1.165) is 0 Å². The zero-order valence-electron chi connectivity index (χ0n) is 43.8. The normalized spacial score (nSPS) is 21.3. The van der Waals surface area contributed by atoms with Crippen LogP contribution in [-0.2, 0) is 54.4 Å². The molecule has 0 aromatic heterocycles. The highest BCUT2D eigenvalue weighted by molar-refractivity contribution is 5.98. The molecule has 0 bridgehead atoms. The molecule has 0 aliphatic carbocycles. The van der Waals surface area contributed by atoms with Gasteiger partial charge in [0.05, 0.1) is 20.4 Å². The van der Waals surface area contributed by atoms with E-state index in [-0.39, 0.29) is 56.9 Å². The molecule has 65 heavy (non-hydrogen) atoms. The quantitative estimate of drug-likeness (QED) is 0.0418. The lowest BCUT2D eigenvalue weighted by atomic mass is 10.0. The number of carboxylic acids is 3. The summed E-state index contributed by atoms with van der Waals surface area (Å²) in [6, 6.07) is -5.51. The average Bonchev–Trinajstić information content (AvgIpc) is 3.35. The number of hydrogen-bond acceptors (Lipinski definition) is 12. The van der Waals surface area contributed by atoms with Crippen molar-refractivity contribution in [3.63, 3.8) is 0 Å². The fraction of sp³-hybridized carbons (Fsp3) is 0.628. The zero-order chi connectivity index (χ0) is 55.1. The second-order valence-electron chi connectivity index (χ2n) is 16.1. The van der Waals surface area contributed by atoms with Gasteiger partial charge in [0.2, 0.25) is 41.4 Å². The van der Waals surface area contributed by atoms with E-state index in [0.29, 0.717) is 5.56 Å². The summed E-state index contributed by atoms with van der Waals surface area (Å²) >= 11 is 0. The standard InChI is InChI=1S/C43H67N9O13/c1-24(2)19-27(45)37(58)47-29(15-16-35(54)55)40(61)50-31(22-36(56)57)38(59)46-23-34(53)52-18-10-14-33(52)42(63)48-28(13-8-9-17-44)39(60)49-30(21-26-11-6-5-7-12-26)41(62)51-32(43(64)65)20-25(3)4/h5-7,11-12,24-25,27-33H,8-10,13-23,44-45H2,1-4H3,(H,46,59)(H,47,58)(H,48,63)(H,49,60)(H,50,61)(H,51,62)(H,54,55)(H,56,57)(H,64,65)/t27-,28-,29-,30-,31-,32-,33+/m0/s1/i10T2,14T2,18T2,33T. The van der Waals surface area contributed by atoms with Gasteiger partial charge < -0.3 is 63.6 Å². The molecule has 1 aromatic carbocycles. The van der Waals surface area contributed by atoms with Crippen molar-refractivity contribution in [1.82, 2.24) is 36.8 Å². The maximum Gasteiger partial charge on any atom is 0.326 e. The van der Waals surface area contributed by atoms with Gasteiger partial charge in [-0.25, -0.2) is 4.79 Å². The fourth-order valence-electron chi connectivity index (χ4n) is 6.34. The molecule has 7 amide bonds. The van der Waals surface area contributed by atoms with Gasteiger partial charge in [0.1, 0.15) is 36.2 Å². The Labute approximate surface area is 387 Å². The second-order valence-corrected chi connectivity index (χ2v) is 16.1. The molecule has 22 heteroatoms. The van der Waals surface area contributed by atoms with E-state index < -0.39 is 151 Å². The van der Waals surface area contributed by atoms with Crippen molar-refractivity contribution in [3.05, 3.63) is 35.9 Å². The first-order valence-corrected chi connectivity index (χ1v) is 21.1. The second kappa shape index (κ2) is 27.9. The van der Waals surface area contributed by atoms with Crippen LogP contribution in [0, 0.1) is 11.8 Å². The summed E-state index contributed by atoms with van der Waals surface area (Å²) in [5.41, 5.74) is 12.0. The maximum atomic E-state index is 14.4. The van der Waals surface area contributed by atoms with Crippen molar-refractivity contribution < 1.29 is 72.9 Å². The number of unbranched alkanes of at least 4 members (excludes halogenated alkanes) is 1. The van der Waals surface area contributed by atoms with Crippen LogP contribution in [0.15, 0.2) is 30.3 Å². The topological polar surface area (TPSA) is 359 Å². The Hall–Kier alpha value is -6.16. The Bertz CT molecular complexity index is 2140. The molecule has 0 saturated carbocycles. The lowest BCUT2D eigenvalue weighted by Crippen LogP contribution is -2.58. The average molecular weight is 932 g/mol. The number of nitrogens with zero attached hydrogens (tertiary/aromatic N) is 1. The zero-order valence-corrected chi connectivity index (χ0v) is 36.8. The predicted octanol–water partition coefficient (Wildman–Crippen LogP) is -1.27. The maximum absolute atomic E-state index is 14.4. The molecule has 1 aliphatic rings. The molecule has 22 nitrogen and oxygen atoms in total. The number of carbonyl (C=O) groups excluding carboxylic acids is 7. The van der Waals surface area contributed by atoms with E-state index in [4.69, 9.17) is 19.7 Å². The Morgan fingerprint density at radius 2 is 1.29 bits per heavy atom. The molecule has 0 radical (unpaired) electrons. The third kappa shape index (κ3) is 20.1. The summed E-state index contributed by atoms with van der Waals surface area (Å²) in [4.78, 5) is 131. The van der Waals surface area contributed by atoms with E-state index in [1.54, 1.807) is 58.0 Å². The number of nitrogens with two attached hydrogens (primary N) is 2. The van der Waals surface area contributed by atoms with E-state index in [2.05, 4.69) is 21.3 Å². The van der Waals surface area contributed by atoms with E-state index >= 15 is 0 Å². The highest BCUT2D eigenvalue weighted by Gasteiger charge is 2.38. The fourth-order valence-corrected chi connectivity index (χ4v) is 6.34. The van der Waals surface area contributed by atoms with Crippen molar-refractivity contribution >= 4 is 59.3 Å². The number of carboxylic acid groups (broad SMARTS) is 3. The molecular formula is C43H67N9O13. The molecule has 1 aromatic rings. The number of hydrogen-bond donors (Lipinski definition) is 11. The SMILES string of the molecule is [3H]C1([3H])N(C(=O)CNC(=O)[C@H](CC(=O)O)NC(=O)[C@H](CCC(=O)O)NC(=O)[C@@H](N)CC(C)C)[C@@]([3H])(C(=O)N[C@@H](CCCCN)C(=O)N[C@@H](Cc2ccccc2)C(=O)N[C@@H](CC(C)C)C(=O)O)C([3H])([3H])C1([3H])[3H]. The van der Waals surface area contributed by atoms with Gasteiger partial charge in [0.15, 0.2) is 0 Å². The predicted molar refractivity (Wildman–Crippen MR) is 234 cm³/mol. The first-order valence-electron chi connectivity index (χ1n) is 24.6. The number of rotatable bonds is 29. The molecule has 1 aliphatic heterocycles. The van der Waals surface area contributed by atoms with E-state index in [1.165, 1.54) is 0 Å². The van der Waals surface area contributed by atoms with Gasteiger partial charge in [-0.2, -0.15) is 0 Å². The van der Waals surface area contributed by atoms with Crippen LogP contribution in [0.1, 0.15) is 107 Å². The Morgan fingerprint density at radius 3 is 1.86 bits per heavy atom. The lowest BCUT2D eigenvalue weighted by Gasteiger charge is -2.28. The van der Waals surface area contributed by atoms with Gasteiger partial charge in [0, 0.05) is 27.6 Å². The number of likely N-dealkylation sites (tertiary alicyclic amines) is 1. The minimum absolute atomic E-state index is 0.00397. The summed E-state index contributed by atoms with van der Waals surface area (Å²) in [6.45, 7) is 1.60. The minimum atomic E-state index is -3.98. The van der Waals surface area contributed by atoms with Crippen LogP contribution in [0.3, 0.4) is 0 Å². The number of carbonyl (C=O) groups is 10. The van der Waals surface area contributed by atoms with Gasteiger partial charge in [-0.1, -0.05) is 58.0 Å². The van der Waals surface area contributed by atoms with Crippen molar-refractivity contribution in [2.24, 2.45) is 23.3 Å². The van der Waals surface area contributed by atoms with Gasteiger partial charge in [-0.3, -0.25) is 43.2 Å². The molecule has 362 valence electrons. The van der Waals surface area contributed by atoms with E-state index in [1.807, 2.05) is 10.6 Å². The summed E-state index contributed by atoms with van der Waals surface area (Å²) in [7, 11) is 0. The molecule has 0 unspecified atom stereocenters. The number of aliphatic carboxylic acids is 3. The molecule has 7 atom stereocenters. The third-order valence-electron chi connectivity index (χ3n) is 9.61. The van der Waals surface area contributed by atoms with Crippen LogP contribution in [0.25, 0.3) is 0 Å². The molecule has 0 spiro atoms. The monoisotopic (exact) mass is 932 g/mol. The molecule has 13 N–H and O–H groups in total. The van der Waals surface area contributed by atoms with Crippen molar-refractivity contribution in [1.29, 1.82) is 0 Å². The van der Waals surface area contributed by atoms with Crippen LogP contribution >= 0.6 is 0 Å². The summed E-state index contributed by atoms with van der Waals surface area (Å²) < 4.78 is 60.7. The summed E-state index contributed by atoms with van der Waals surface area (Å²) in [5, 5.41) is 41.8. The highest BCUT2D eigenvalue weighted by atomic mass is 16.4. The van der Waals surface area contributed by atoms with Crippen LogP contribution in [0.2, 0.25) is 0 Å². The van der Waals surface area contributed by atoms with Crippen molar-refractivity contribution in [3.8, 4) is 0 Å². The van der Waals surface area contributed by atoms with Crippen molar-refractivity contribution in [2.75, 3.05) is 19.6 Å². The molecular weight excluding hydrogens is 851 g/mol. The number of benzene rings is 1. The first kappa shape index (κ1) is 44.1. The molecule has 1 saturated heterocycles. The van der Waals surface area contributed by atoms with Gasteiger partial charge >= 0.3 is 17.9 Å². The smallest absolute Gasteiger partial charge is 0.326 e. The molecule has 1 fully saturated rings. The van der Waals surface area contributed by atoms with Crippen LogP contribution in [0.4, 0.5) is 0 Å². The van der Waals surface area contributed by atoms with Gasteiger partial charge in [-0.05, 0) is 75.2 Å². The van der Waals surface area contributed by atoms with Gasteiger partial charge in [-0.15, -0.1) is 0 Å². The van der Waals surface area contributed by atoms with Gasteiger partial charge in [0.25, 0.3) is 0 Å². The largest absolute Gasteiger partial charge is 0.481 e. The molecule has 2 rings (SSSR count). The third-order valence-corrected chi connectivity index (χ3v) is 9.61. The van der Waals surface area contributed by atoms with Crippen LogP contribution in [-0.4, -0.2) is 141 Å². The van der Waals surface area contributed by atoms with Crippen LogP contribution < -0.4 is 43.4 Å². The van der Waals surface area contributed by atoms with E-state index in [9.17, 15) is 64.6 Å². The highest BCUT2D eigenvalue weighted by Crippen LogP contribution is 2.19. The minimum Gasteiger partial charge on any atom is -0.481 e. The Morgan fingerprint density at radius 1 is 0.723 bits per heavy atom. The summed E-state index contributed by atoms with van der Waals surface area (Å²) in [6.07, 6.45) is -10.5. The lowest BCUT2D eigenvalue weighted by molar-refractivity contribution is -0.143. The Balaban J connectivity index is 2.54. The molecule has 1 heterocycles. The number of nitrogens with one attached hydrogen (secondary N) is 6. The number of amides is 7. The van der Waals surface area contributed by atoms with Crippen molar-refractivity contribution in [2.45, 2.75) is 140 Å². The van der Waals surface area contributed by atoms with Crippen LogP contribution in [0.5, 0.6) is 0 Å².